The Balaban J connectivity index is 1.67. The molecule has 0 aliphatic carbocycles. The van der Waals surface area contributed by atoms with Gasteiger partial charge in [0, 0.05) is 32.8 Å². The minimum Gasteiger partial charge on any atom is -0.383 e. The zero-order valence-corrected chi connectivity index (χ0v) is 17.3. The van der Waals surface area contributed by atoms with E-state index in [4.69, 9.17) is 9.73 Å². The van der Waals surface area contributed by atoms with Crippen molar-refractivity contribution in [2.45, 2.75) is 52.0 Å². The Morgan fingerprint density at radius 2 is 1.92 bits per heavy atom. The van der Waals surface area contributed by atoms with Gasteiger partial charge in [-0.2, -0.15) is 0 Å². The normalized spacial score (nSPS) is 23.5. The molecule has 2 aliphatic heterocycles. The van der Waals surface area contributed by atoms with Crippen LogP contribution in [0.15, 0.2) is 4.99 Å². The highest BCUT2D eigenvalue weighted by Gasteiger charge is 2.23. The summed E-state index contributed by atoms with van der Waals surface area (Å²) < 4.78 is 5.23. The summed E-state index contributed by atoms with van der Waals surface area (Å²) in [6.45, 7) is 14.1. The van der Waals surface area contributed by atoms with Gasteiger partial charge in [-0.25, -0.2) is 0 Å². The minimum absolute atomic E-state index is 0.566. The zero-order chi connectivity index (χ0) is 18.6. The lowest BCUT2D eigenvalue weighted by Crippen LogP contribution is -2.41. The van der Waals surface area contributed by atoms with Gasteiger partial charge in [0.15, 0.2) is 5.96 Å². The van der Waals surface area contributed by atoms with Crippen molar-refractivity contribution in [1.82, 2.24) is 20.4 Å². The van der Waals surface area contributed by atoms with Crippen molar-refractivity contribution in [3.8, 4) is 0 Å². The third-order valence-electron chi connectivity index (χ3n) is 5.71. The molecule has 1 unspecified atom stereocenters. The molecule has 0 radical (unpaired) electrons. The molecule has 6 heteroatoms. The molecular formula is C20H41N5O. The summed E-state index contributed by atoms with van der Waals surface area (Å²) in [5.41, 5.74) is 0. The number of nitrogens with zero attached hydrogens (tertiary/aromatic N) is 3. The molecule has 26 heavy (non-hydrogen) atoms. The maximum absolute atomic E-state index is 5.23. The molecule has 0 aromatic carbocycles. The van der Waals surface area contributed by atoms with Crippen molar-refractivity contribution in [2.75, 3.05) is 66.1 Å². The van der Waals surface area contributed by atoms with Crippen LogP contribution in [0.2, 0.25) is 0 Å². The van der Waals surface area contributed by atoms with Crippen LogP contribution >= 0.6 is 0 Å². The average molecular weight is 368 g/mol. The Hall–Kier alpha value is -0.850. The maximum atomic E-state index is 5.23. The van der Waals surface area contributed by atoms with Gasteiger partial charge in [0.1, 0.15) is 0 Å². The first-order valence-electron chi connectivity index (χ1n) is 10.7. The number of ether oxygens (including phenoxy) is 1. The molecule has 2 N–H and O–H groups in total. The van der Waals surface area contributed by atoms with Gasteiger partial charge in [0.2, 0.25) is 0 Å². The topological polar surface area (TPSA) is 52.1 Å². The molecule has 152 valence electrons. The third-order valence-corrected chi connectivity index (χ3v) is 5.71. The van der Waals surface area contributed by atoms with Crippen LogP contribution < -0.4 is 10.6 Å². The second-order valence-electron chi connectivity index (χ2n) is 7.85. The molecule has 0 spiro atoms. The molecule has 0 amide bonds. The molecule has 0 saturated carbocycles. The highest BCUT2D eigenvalue weighted by Crippen LogP contribution is 2.17. The number of guanidine groups is 1. The molecule has 6 nitrogen and oxygen atoms in total. The van der Waals surface area contributed by atoms with Crippen LogP contribution in [0.25, 0.3) is 0 Å². The maximum Gasteiger partial charge on any atom is 0.191 e. The summed E-state index contributed by atoms with van der Waals surface area (Å²) in [5, 5.41) is 6.91. The summed E-state index contributed by atoms with van der Waals surface area (Å²) >= 11 is 0. The van der Waals surface area contributed by atoms with E-state index in [2.05, 4.69) is 34.3 Å². The van der Waals surface area contributed by atoms with E-state index >= 15 is 0 Å². The first-order valence-corrected chi connectivity index (χ1v) is 10.7. The highest BCUT2D eigenvalue weighted by molar-refractivity contribution is 5.79. The predicted molar refractivity (Wildman–Crippen MR) is 110 cm³/mol. The van der Waals surface area contributed by atoms with Crippen LogP contribution in [-0.2, 0) is 4.74 Å². The van der Waals surface area contributed by atoms with Crippen LogP contribution in [0.5, 0.6) is 0 Å². The van der Waals surface area contributed by atoms with E-state index in [0.717, 1.165) is 44.7 Å². The van der Waals surface area contributed by atoms with Crippen LogP contribution in [-0.4, -0.2) is 87.9 Å². The smallest absolute Gasteiger partial charge is 0.191 e. The molecule has 0 aromatic rings. The third kappa shape index (κ3) is 7.80. The number of piperidine rings is 1. The molecule has 2 heterocycles. The summed E-state index contributed by atoms with van der Waals surface area (Å²) in [7, 11) is 1.78. The molecule has 2 fully saturated rings. The Morgan fingerprint density at radius 3 is 2.65 bits per heavy atom. The van der Waals surface area contributed by atoms with Gasteiger partial charge in [0.05, 0.1) is 13.2 Å². The number of hydrogen-bond donors (Lipinski definition) is 2. The summed E-state index contributed by atoms with van der Waals surface area (Å²) in [4.78, 5) is 9.98. The van der Waals surface area contributed by atoms with E-state index in [9.17, 15) is 0 Å². The van der Waals surface area contributed by atoms with E-state index < -0.39 is 0 Å². The quantitative estimate of drug-likeness (QED) is 0.350. The molecule has 2 aliphatic rings. The Bertz CT molecular complexity index is 396. The van der Waals surface area contributed by atoms with Gasteiger partial charge in [-0.05, 0) is 71.1 Å². The summed E-state index contributed by atoms with van der Waals surface area (Å²) in [6.07, 6.45) is 6.43. The number of likely N-dealkylation sites (tertiary alicyclic amines) is 2. The highest BCUT2D eigenvalue weighted by atomic mass is 16.5. The first-order chi connectivity index (χ1) is 12.7. The Morgan fingerprint density at radius 1 is 1.12 bits per heavy atom. The number of hydrogen-bond acceptors (Lipinski definition) is 4. The van der Waals surface area contributed by atoms with Gasteiger partial charge in [-0.1, -0.05) is 6.92 Å². The van der Waals surface area contributed by atoms with Gasteiger partial charge in [-0.3, -0.25) is 9.89 Å². The van der Waals surface area contributed by atoms with Crippen LogP contribution in [0.3, 0.4) is 0 Å². The predicted octanol–water partition coefficient (Wildman–Crippen LogP) is 1.77. The van der Waals surface area contributed by atoms with E-state index in [1.807, 2.05) is 0 Å². The van der Waals surface area contributed by atoms with Crippen LogP contribution in [0.4, 0.5) is 0 Å². The Labute approximate surface area is 160 Å². The minimum atomic E-state index is 0.566. The molecule has 2 saturated heterocycles. The lowest BCUT2D eigenvalue weighted by atomic mass is 9.99. The van der Waals surface area contributed by atoms with E-state index in [1.165, 1.54) is 58.3 Å². The molecule has 0 bridgehead atoms. The number of rotatable bonds is 10. The lowest BCUT2D eigenvalue weighted by Gasteiger charge is -2.30. The van der Waals surface area contributed by atoms with Crippen molar-refractivity contribution >= 4 is 5.96 Å². The lowest BCUT2D eigenvalue weighted by molar-refractivity contribution is 0.142. The molecule has 1 atom stereocenters. The standard InChI is InChI=1S/C20H41N5O/c1-4-21-20(22-10-6-11-24-13-8-18(2)9-14-24)23-17-19-7-5-12-25(19)15-16-26-3/h18-19H,4-17H2,1-3H3,(H2,21,22,23). The van der Waals surface area contributed by atoms with Gasteiger partial charge in [0.25, 0.3) is 0 Å². The monoisotopic (exact) mass is 367 g/mol. The van der Waals surface area contributed by atoms with Crippen molar-refractivity contribution in [2.24, 2.45) is 10.9 Å². The van der Waals surface area contributed by atoms with Gasteiger partial charge >= 0.3 is 0 Å². The molecule has 2 rings (SSSR count). The van der Waals surface area contributed by atoms with Crippen molar-refractivity contribution in [3.63, 3.8) is 0 Å². The van der Waals surface area contributed by atoms with Crippen molar-refractivity contribution in [3.05, 3.63) is 0 Å². The largest absolute Gasteiger partial charge is 0.383 e. The van der Waals surface area contributed by atoms with E-state index in [0.29, 0.717) is 6.04 Å². The summed E-state index contributed by atoms with van der Waals surface area (Å²) in [5.74, 6) is 1.88. The van der Waals surface area contributed by atoms with Crippen molar-refractivity contribution in [1.29, 1.82) is 0 Å². The second kappa shape index (κ2) is 12.5. The van der Waals surface area contributed by atoms with E-state index in [1.54, 1.807) is 7.11 Å². The second-order valence-corrected chi connectivity index (χ2v) is 7.85. The fraction of sp³-hybridized carbons (Fsp3) is 0.950. The zero-order valence-electron chi connectivity index (χ0n) is 17.3. The van der Waals surface area contributed by atoms with Crippen LogP contribution in [0.1, 0.15) is 46.0 Å². The average Bonchev–Trinajstić information content (AvgIpc) is 3.10. The SMILES string of the molecule is CCNC(=NCC1CCCN1CCOC)NCCCN1CCC(C)CC1. The first kappa shape index (κ1) is 21.5. The Kier molecular flexibility index (Phi) is 10.3. The van der Waals surface area contributed by atoms with Crippen molar-refractivity contribution < 1.29 is 4.74 Å². The van der Waals surface area contributed by atoms with E-state index in [-0.39, 0.29) is 0 Å². The van der Waals surface area contributed by atoms with Crippen LogP contribution in [0, 0.1) is 5.92 Å². The number of nitrogens with one attached hydrogen (secondary N) is 2. The van der Waals surface area contributed by atoms with Gasteiger partial charge < -0.3 is 20.3 Å². The number of aliphatic imine (C=N–C) groups is 1. The summed E-state index contributed by atoms with van der Waals surface area (Å²) in [6, 6.07) is 0.566. The number of methoxy groups -OCH3 is 1. The fourth-order valence-corrected chi connectivity index (χ4v) is 3.94. The fourth-order valence-electron chi connectivity index (χ4n) is 3.94. The molecular weight excluding hydrogens is 326 g/mol. The van der Waals surface area contributed by atoms with Gasteiger partial charge in [-0.15, -0.1) is 0 Å². The molecule has 0 aromatic heterocycles.